The molecule has 0 saturated carbocycles. The minimum absolute atomic E-state index is 0.203. The van der Waals surface area contributed by atoms with Crippen molar-refractivity contribution in [3.05, 3.63) is 34.9 Å². The average Bonchev–Trinajstić information content (AvgIpc) is 3.22. The number of halogens is 3. The topological polar surface area (TPSA) is 70.0 Å². The number of aromatic amines is 1. The minimum atomic E-state index is -4.54. The molecule has 0 atom stereocenters. The summed E-state index contributed by atoms with van der Waals surface area (Å²) in [4.78, 5) is 16.1. The Kier molecular flexibility index (Phi) is 5.03. The SMILES string of the molecule is CCn1cc(CN2CCN(C(=O)c3cc(C(F)(F)F)[nH]n3)CC2)c(C)n1. The fourth-order valence-corrected chi connectivity index (χ4v) is 2.96. The second kappa shape index (κ2) is 7.10. The van der Waals surface area contributed by atoms with E-state index in [9.17, 15) is 18.0 Å². The van der Waals surface area contributed by atoms with Crippen molar-refractivity contribution >= 4 is 5.91 Å². The summed E-state index contributed by atoms with van der Waals surface area (Å²) in [6, 6.07) is 0.761. The summed E-state index contributed by atoms with van der Waals surface area (Å²) in [5, 5.41) is 9.81. The van der Waals surface area contributed by atoms with Gasteiger partial charge in [0.05, 0.1) is 5.69 Å². The lowest BCUT2D eigenvalue weighted by Gasteiger charge is -2.34. The smallest absolute Gasteiger partial charge is 0.335 e. The highest BCUT2D eigenvalue weighted by atomic mass is 19.4. The third kappa shape index (κ3) is 3.90. The number of alkyl halides is 3. The van der Waals surface area contributed by atoms with Crippen LogP contribution in [-0.2, 0) is 19.3 Å². The number of nitrogens with one attached hydrogen (secondary N) is 1. The van der Waals surface area contributed by atoms with Crippen LogP contribution >= 0.6 is 0 Å². The molecule has 0 spiro atoms. The molecule has 1 amide bonds. The van der Waals surface area contributed by atoms with Gasteiger partial charge in [0.2, 0.25) is 0 Å². The maximum Gasteiger partial charge on any atom is 0.432 e. The van der Waals surface area contributed by atoms with Crippen molar-refractivity contribution in [3.63, 3.8) is 0 Å². The standard InChI is InChI=1S/C16H21F3N6O/c1-3-25-10-12(11(2)22-25)9-23-4-6-24(7-5-23)15(26)13-8-14(21-20-13)16(17,18)19/h8,10H,3-7,9H2,1-2H3,(H,20,21). The van der Waals surface area contributed by atoms with Gasteiger partial charge in [0.1, 0.15) is 5.69 Å². The van der Waals surface area contributed by atoms with Crippen LogP contribution in [0, 0.1) is 6.92 Å². The lowest BCUT2D eigenvalue weighted by atomic mass is 10.2. The van der Waals surface area contributed by atoms with Crippen molar-refractivity contribution in [1.29, 1.82) is 0 Å². The summed E-state index contributed by atoms with van der Waals surface area (Å²) in [7, 11) is 0. The number of carbonyl (C=O) groups excluding carboxylic acids is 1. The summed E-state index contributed by atoms with van der Waals surface area (Å²) in [5.74, 6) is -0.480. The summed E-state index contributed by atoms with van der Waals surface area (Å²) in [6.07, 6.45) is -2.51. The third-order valence-electron chi connectivity index (χ3n) is 4.53. The fourth-order valence-electron chi connectivity index (χ4n) is 2.96. The molecule has 0 unspecified atom stereocenters. The molecule has 26 heavy (non-hydrogen) atoms. The largest absolute Gasteiger partial charge is 0.432 e. The molecule has 7 nitrogen and oxygen atoms in total. The van der Waals surface area contributed by atoms with Gasteiger partial charge in [-0.05, 0) is 13.8 Å². The average molecular weight is 370 g/mol. The van der Waals surface area contributed by atoms with Crippen LogP contribution in [0.1, 0.15) is 34.4 Å². The zero-order valence-corrected chi connectivity index (χ0v) is 14.7. The molecule has 1 aliphatic rings. The molecule has 1 saturated heterocycles. The molecule has 10 heteroatoms. The van der Waals surface area contributed by atoms with Crippen LogP contribution in [0.4, 0.5) is 13.2 Å². The van der Waals surface area contributed by atoms with Gasteiger partial charge < -0.3 is 4.90 Å². The molecular formula is C16H21F3N6O. The van der Waals surface area contributed by atoms with Crippen LogP contribution in [0.2, 0.25) is 0 Å². The maximum absolute atomic E-state index is 12.6. The molecule has 1 fully saturated rings. The van der Waals surface area contributed by atoms with Crippen molar-refractivity contribution in [2.45, 2.75) is 33.1 Å². The number of aromatic nitrogens is 4. The second-order valence-electron chi connectivity index (χ2n) is 6.33. The highest BCUT2D eigenvalue weighted by Gasteiger charge is 2.34. The van der Waals surface area contributed by atoms with E-state index in [2.05, 4.69) is 15.1 Å². The zero-order chi connectivity index (χ0) is 18.9. The number of amides is 1. The molecule has 1 N–H and O–H groups in total. The van der Waals surface area contributed by atoms with E-state index in [1.54, 1.807) is 0 Å². The van der Waals surface area contributed by atoms with Gasteiger partial charge in [-0.2, -0.15) is 23.4 Å². The number of carbonyl (C=O) groups is 1. The molecule has 0 aliphatic carbocycles. The van der Waals surface area contributed by atoms with Crippen LogP contribution in [0.25, 0.3) is 0 Å². The molecule has 3 rings (SSSR count). The Morgan fingerprint density at radius 3 is 2.50 bits per heavy atom. The Bertz CT molecular complexity index is 773. The van der Waals surface area contributed by atoms with Crippen LogP contribution in [0.15, 0.2) is 12.3 Å². The first kappa shape index (κ1) is 18.4. The molecule has 3 heterocycles. The van der Waals surface area contributed by atoms with E-state index in [0.29, 0.717) is 26.2 Å². The van der Waals surface area contributed by atoms with Gasteiger partial charge in [0, 0.05) is 57.1 Å². The van der Waals surface area contributed by atoms with Gasteiger partial charge in [0.25, 0.3) is 5.91 Å². The first-order valence-electron chi connectivity index (χ1n) is 8.45. The van der Waals surface area contributed by atoms with E-state index in [-0.39, 0.29) is 5.69 Å². The fraction of sp³-hybridized carbons (Fsp3) is 0.562. The lowest BCUT2D eigenvalue weighted by molar-refractivity contribution is -0.141. The van der Waals surface area contributed by atoms with Crippen LogP contribution < -0.4 is 0 Å². The van der Waals surface area contributed by atoms with Gasteiger partial charge in [-0.25, -0.2) is 0 Å². The summed E-state index contributed by atoms with van der Waals surface area (Å²) >= 11 is 0. The highest BCUT2D eigenvalue weighted by Crippen LogP contribution is 2.28. The first-order valence-corrected chi connectivity index (χ1v) is 8.45. The third-order valence-corrected chi connectivity index (χ3v) is 4.53. The Morgan fingerprint density at radius 1 is 1.27 bits per heavy atom. The van der Waals surface area contributed by atoms with E-state index in [1.165, 1.54) is 4.90 Å². The summed E-state index contributed by atoms with van der Waals surface area (Å²) in [5.41, 5.74) is 0.920. The van der Waals surface area contributed by atoms with Crippen molar-refractivity contribution in [1.82, 2.24) is 29.8 Å². The van der Waals surface area contributed by atoms with Crippen molar-refractivity contribution in [2.24, 2.45) is 0 Å². The van der Waals surface area contributed by atoms with Crippen molar-refractivity contribution in [2.75, 3.05) is 26.2 Å². The van der Waals surface area contributed by atoms with Gasteiger partial charge in [-0.15, -0.1) is 0 Å². The first-order chi connectivity index (χ1) is 12.3. The monoisotopic (exact) mass is 370 g/mol. The number of nitrogens with zero attached hydrogens (tertiary/aromatic N) is 5. The van der Waals surface area contributed by atoms with Gasteiger partial charge >= 0.3 is 6.18 Å². The molecular weight excluding hydrogens is 349 g/mol. The van der Waals surface area contributed by atoms with E-state index in [4.69, 9.17) is 0 Å². The predicted octanol–water partition coefficient (Wildman–Crippen LogP) is 1.91. The Balaban J connectivity index is 1.57. The quantitative estimate of drug-likeness (QED) is 0.893. The lowest BCUT2D eigenvalue weighted by Crippen LogP contribution is -2.48. The van der Waals surface area contributed by atoms with Gasteiger partial charge in [0.15, 0.2) is 5.69 Å². The Labute approximate surface area is 148 Å². The zero-order valence-electron chi connectivity index (χ0n) is 14.7. The van der Waals surface area contributed by atoms with E-state index < -0.39 is 17.8 Å². The summed E-state index contributed by atoms with van der Waals surface area (Å²) in [6.45, 7) is 7.76. The number of aryl methyl sites for hydroxylation is 2. The highest BCUT2D eigenvalue weighted by molar-refractivity contribution is 5.92. The molecule has 142 valence electrons. The number of hydrogen-bond donors (Lipinski definition) is 1. The summed E-state index contributed by atoms with van der Waals surface area (Å²) < 4.78 is 39.7. The number of hydrogen-bond acceptors (Lipinski definition) is 4. The molecule has 0 bridgehead atoms. The van der Waals surface area contributed by atoms with E-state index in [0.717, 1.165) is 30.4 Å². The molecule has 0 radical (unpaired) electrons. The van der Waals surface area contributed by atoms with Crippen molar-refractivity contribution in [3.8, 4) is 0 Å². The Hall–Kier alpha value is -2.36. The van der Waals surface area contributed by atoms with E-state index >= 15 is 0 Å². The van der Waals surface area contributed by atoms with E-state index in [1.807, 2.05) is 29.8 Å². The normalized spacial score (nSPS) is 16.3. The predicted molar refractivity (Wildman–Crippen MR) is 87.4 cm³/mol. The van der Waals surface area contributed by atoms with Crippen LogP contribution in [0.5, 0.6) is 0 Å². The minimum Gasteiger partial charge on any atom is -0.335 e. The number of H-pyrrole nitrogens is 1. The number of rotatable bonds is 4. The van der Waals surface area contributed by atoms with Gasteiger partial charge in [-0.1, -0.05) is 0 Å². The van der Waals surface area contributed by atoms with Crippen molar-refractivity contribution < 1.29 is 18.0 Å². The number of piperazine rings is 1. The molecule has 2 aromatic heterocycles. The van der Waals surface area contributed by atoms with Crippen LogP contribution in [-0.4, -0.2) is 61.9 Å². The Morgan fingerprint density at radius 2 is 1.96 bits per heavy atom. The second-order valence-corrected chi connectivity index (χ2v) is 6.33. The molecule has 2 aromatic rings. The maximum atomic E-state index is 12.6. The molecule has 1 aliphatic heterocycles. The van der Waals surface area contributed by atoms with Crippen LogP contribution in [0.3, 0.4) is 0 Å². The molecule has 0 aromatic carbocycles. The van der Waals surface area contributed by atoms with Gasteiger partial charge in [-0.3, -0.25) is 19.5 Å².